The summed E-state index contributed by atoms with van der Waals surface area (Å²) in [6.45, 7) is 1.67. The maximum Gasteiger partial charge on any atom is 0.0422 e. The van der Waals surface area contributed by atoms with Crippen LogP contribution < -0.4 is 16.4 Å². The van der Waals surface area contributed by atoms with Gasteiger partial charge in [-0.3, -0.25) is 0 Å². The molecule has 23 heavy (non-hydrogen) atoms. The summed E-state index contributed by atoms with van der Waals surface area (Å²) in [5.74, 6) is 0.364. The maximum absolute atomic E-state index is 5.91. The highest BCUT2D eigenvalue weighted by Gasteiger charge is 2.26. The number of nitrogens with two attached hydrogens (primary N) is 1. The number of hydrogen-bond donors (Lipinski definition) is 3. The normalized spacial score (nSPS) is 16.0. The van der Waals surface area contributed by atoms with Gasteiger partial charge in [-0.15, -0.1) is 0 Å². The summed E-state index contributed by atoms with van der Waals surface area (Å²) in [4.78, 5) is 0. The van der Waals surface area contributed by atoms with Gasteiger partial charge in [-0.25, -0.2) is 0 Å². The van der Waals surface area contributed by atoms with Gasteiger partial charge in [0.1, 0.15) is 0 Å². The van der Waals surface area contributed by atoms with Gasteiger partial charge >= 0.3 is 0 Å². The van der Waals surface area contributed by atoms with Crippen LogP contribution in [0.4, 0.5) is 11.4 Å². The second-order valence-corrected chi connectivity index (χ2v) is 6.41. The van der Waals surface area contributed by atoms with Gasteiger partial charge in [0, 0.05) is 29.5 Å². The van der Waals surface area contributed by atoms with Crippen LogP contribution in [0.15, 0.2) is 59.8 Å². The first kappa shape index (κ1) is 14.3. The molecule has 0 bridgehead atoms. The molecule has 3 nitrogen and oxygen atoms in total. The first-order valence-electron chi connectivity index (χ1n) is 8.46. The quantitative estimate of drug-likeness (QED) is 0.749. The third kappa shape index (κ3) is 2.97. The van der Waals surface area contributed by atoms with Gasteiger partial charge in [-0.05, 0) is 60.7 Å². The van der Waals surface area contributed by atoms with Crippen LogP contribution in [-0.4, -0.2) is 6.54 Å². The van der Waals surface area contributed by atoms with E-state index in [1.54, 1.807) is 5.57 Å². The Bertz CT molecular complexity index is 728. The Hall–Kier alpha value is -2.26. The van der Waals surface area contributed by atoms with Crippen LogP contribution in [0, 0.1) is 0 Å². The van der Waals surface area contributed by atoms with Crippen molar-refractivity contribution in [1.82, 2.24) is 0 Å². The van der Waals surface area contributed by atoms with E-state index in [9.17, 15) is 0 Å². The van der Waals surface area contributed by atoms with Gasteiger partial charge in [0.25, 0.3) is 0 Å². The smallest absolute Gasteiger partial charge is 0.0422 e. The van der Waals surface area contributed by atoms with Crippen molar-refractivity contribution in [1.29, 1.82) is 0 Å². The van der Waals surface area contributed by atoms with Crippen LogP contribution in [0.1, 0.15) is 36.3 Å². The van der Waals surface area contributed by atoms with E-state index in [-0.39, 0.29) is 0 Å². The van der Waals surface area contributed by atoms with E-state index in [0.717, 1.165) is 13.0 Å². The number of allylic oxidation sites excluding steroid dienone is 2. The molecule has 3 heteroatoms. The number of fused-ring (bicyclic) bond motifs is 1. The summed E-state index contributed by atoms with van der Waals surface area (Å²) in [5.41, 5.74) is 14.0. The zero-order chi connectivity index (χ0) is 15.6. The average molecular weight is 305 g/mol. The second kappa shape index (κ2) is 6.09. The molecule has 118 valence electrons. The molecule has 4 rings (SSSR count). The van der Waals surface area contributed by atoms with Gasteiger partial charge in [-0.1, -0.05) is 30.3 Å². The van der Waals surface area contributed by atoms with Crippen molar-refractivity contribution >= 4 is 11.4 Å². The van der Waals surface area contributed by atoms with E-state index in [0.29, 0.717) is 12.5 Å². The Kier molecular flexibility index (Phi) is 3.80. The molecule has 0 saturated heterocycles. The maximum atomic E-state index is 5.91. The van der Waals surface area contributed by atoms with E-state index in [1.807, 2.05) is 0 Å². The van der Waals surface area contributed by atoms with Crippen LogP contribution in [0.25, 0.3) is 0 Å². The Morgan fingerprint density at radius 1 is 1.13 bits per heavy atom. The van der Waals surface area contributed by atoms with Crippen molar-refractivity contribution in [3.05, 3.63) is 70.9 Å². The predicted octanol–water partition coefficient (Wildman–Crippen LogP) is 4.20. The van der Waals surface area contributed by atoms with Gasteiger partial charge in [0.05, 0.1) is 0 Å². The van der Waals surface area contributed by atoms with E-state index in [4.69, 9.17) is 5.73 Å². The van der Waals surface area contributed by atoms with E-state index in [2.05, 4.69) is 59.2 Å². The predicted molar refractivity (Wildman–Crippen MR) is 96.5 cm³/mol. The average Bonchev–Trinajstić information content (AvgIpc) is 3.39. The third-order valence-corrected chi connectivity index (χ3v) is 4.74. The molecule has 1 saturated carbocycles. The van der Waals surface area contributed by atoms with Crippen LogP contribution in [0.2, 0.25) is 0 Å². The van der Waals surface area contributed by atoms with Crippen LogP contribution in [0.5, 0.6) is 0 Å². The summed E-state index contributed by atoms with van der Waals surface area (Å²) >= 11 is 0. The number of rotatable bonds is 6. The second-order valence-electron chi connectivity index (χ2n) is 6.41. The number of benzene rings is 2. The number of nitrogens with one attached hydrogen (secondary N) is 2. The third-order valence-electron chi connectivity index (χ3n) is 4.74. The van der Waals surface area contributed by atoms with Gasteiger partial charge in [0.15, 0.2) is 0 Å². The van der Waals surface area contributed by atoms with E-state index >= 15 is 0 Å². The summed E-state index contributed by atoms with van der Waals surface area (Å²) in [6.07, 6.45) is 3.40. The van der Waals surface area contributed by atoms with Crippen molar-refractivity contribution in [2.75, 3.05) is 17.2 Å². The summed E-state index contributed by atoms with van der Waals surface area (Å²) in [6, 6.07) is 17.3. The molecule has 1 atom stereocenters. The molecular formula is C20H23N3. The summed E-state index contributed by atoms with van der Waals surface area (Å²) in [5, 5.41) is 7.04. The van der Waals surface area contributed by atoms with E-state index < -0.39 is 0 Å². The van der Waals surface area contributed by atoms with Crippen LogP contribution in [0.3, 0.4) is 0 Å². The molecular weight excluding hydrogens is 282 g/mol. The van der Waals surface area contributed by atoms with Crippen molar-refractivity contribution in [2.24, 2.45) is 5.73 Å². The summed E-state index contributed by atoms with van der Waals surface area (Å²) < 4.78 is 0. The SMILES string of the molecule is NCCC(C(Nc1ccc2c(c1)CN2)=C1CC1)c1ccccc1. The lowest BCUT2D eigenvalue weighted by molar-refractivity contribution is 0.713. The molecule has 1 fully saturated rings. The van der Waals surface area contributed by atoms with Crippen molar-refractivity contribution in [2.45, 2.75) is 31.7 Å². The lowest BCUT2D eigenvalue weighted by Gasteiger charge is -2.25. The van der Waals surface area contributed by atoms with Gasteiger partial charge in [0.2, 0.25) is 0 Å². The molecule has 2 aliphatic rings. The lowest BCUT2D eigenvalue weighted by atomic mass is 9.91. The molecule has 1 aliphatic carbocycles. The summed E-state index contributed by atoms with van der Waals surface area (Å²) in [7, 11) is 0. The highest BCUT2D eigenvalue weighted by Crippen LogP contribution is 2.40. The number of anilines is 2. The molecule has 0 aromatic heterocycles. The fourth-order valence-corrected chi connectivity index (χ4v) is 3.31. The largest absolute Gasteiger partial charge is 0.381 e. The Labute approximate surface area is 137 Å². The van der Waals surface area contributed by atoms with Gasteiger partial charge < -0.3 is 16.4 Å². The Morgan fingerprint density at radius 3 is 2.57 bits per heavy atom. The lowest BCUT2D eigenvalue weighted by Crippen LogP contribution is -2.17. The highest BCUT2D eigenvalue weighted by molar-refractivity contribution is 5.67. The molecule has 4 N–H and O–H groups in total. The topological polar surface area (TPSA) is 50.1 Å². The standard InChI is InChI=1S/C20H23N3/c21-11-10-18(14-4-2-1-3-5-14)20(15-6-7-15)23-17-8-9-19-16(12-17)13-22-19/h1-5,8-9,12,18,22-23H,6-7,10-11,13,21H2. The fourth-order valence-electron chi connectivity index (χ4n) is 3.31. The van der Waals surface area contributed by atoms with Crippen molar-refractivity contribution in [3.8, 4) is 0 Å². The van der Waals surface area contributed by atoms with E-state index in [1.165, 1.54) is 41.0 Å². The van der Waals surface area contributed by atoms with Crippen molar-refractivity contribution < 1.29 is 0 Å². The first-order chi connectivity index (χ1) is 11.3. The molecule has 2 aromatic rings. The Balaban J connectivity index is 1.64. The van der Waals surface area contributed by atoms with Crippen LogP contribution in [-0.2, 0) is 6.54 Å². The zero-order valence-corrected chi connectivity index (χ0v) is 13.3. The molecule has 0 amide bonds. The zero-order valence-electron chi connectivity index (χ0n) is 13.3. The fraction of sp³-hybridized carbons (Fsp3) is 0.300. The molecule has 1 unspecified atom stereocenters. The molecule has 2 aromatic carbocycles. The molecule has 0 spiro atoms. The Morgan fingerprint density at radius 2 is 1.96 bits per heavy atom. The first-order valence-corrected chi connectivity index (χ1v) is 8.46. The highest BCUT2D eigenvalue weighted by atomic mass is 15.0. The minimum absolute atomic E-state index is 0.364. The molecule has 1 heterocycles. The molecule has 0 radical (unpaired) electrons. The number of hydrogen-bond acceptors (Lipinski definition) is 3. The van der Waals surface area contributed by atoms with Crippen LogP contribution >= 0.6 is 0 Å². The van der Waals surface area contributed by atoms with Gasteiger partial charge in [-0.2, -0.15) is 0 Å². The monoisotopic (exact) mass is 305 g/mol. The van der Waals surface area contributed by atoms with Crippen molar-refractivity contribution in [3.63, 3.8) is 0 Å². The minimum atomic E-state index is 0.364. The minimum Gasteiger partial charge on any atom is -0.381 e. The molecule has 1 aliphatic heterocycles.